The highest BCUT2D eigenvalue weighted by molar-refractivity contribution is 9.10. The Balaban J connectivity index is 1.78. The Morgan fingerprint density at radius 3 is 2.07 bits per heavy atom. The molecule has 2 amide bonds. The van der Waals surface area contributed by atoms with Crippen LogP contribution in [0.1, 0.15) is 42.0 Å². The zero-order valence-electron chi connectivity index (χ0n) is 25.9. The Morgan fingerprint density at radius 2 is 1.44 bits per heavy atom. The maximum Gasteiger partial charge on any atom is 0.264 e. The van der Waals surface area contributed by atoms with E-state index in [1.165, 1.54) is 4.90 Å². The quantitative estimate of drug-likeness (QED) is 0.147. The van der Waals surface area contributed by atoms with Crippen molar-refractivity contribution in [3.05, 3.63) is 130 Å². The molecule has 0 aliphatic carbocycles. The van der Waals surface area contributed by atoms with Gasteiger partial charge in [-0.15, -0.1) is 0 Å². The van der Waals surface area contributed by atoms with Crippen LogP contribution in [0.25, 0.3) is 0 Å². The Morgan fingerprint density at radius 1 is 0.822 bits per heavy atom. The summed E-state index contributed by atoms with van der Waals surface area (Å²) >= 11 is 3.51. The number of sulfonamides is 1. The van der Waals surface area contributed by atoms with E-state index in [1.807, 2.05) is 87.5 Å². The lowest BCUT2D eigenvalue weighted by atomic mass is 10.0. The Bertz CT molecular complexity index is 1680. The number of hydrogen-bond acceptors (Lipinski definition) is 4. The predicted molar refractivity (Wildman–Crippen MR) is 183 cm³/mol. The number of amides is 2. The van der Waals surface area contributed by atoms with E-state index >= 15 is 0 Å². The Kier molecular flexibility index (Phi) is 12.0. The second-order valence-corrected chi connectivity index (χ2v) is 13.9. The summed E-state index contributed by atoms with van der Waals surface area (Å²) in [6, 6.07) is 29.8. The highest BCUT2D eigenvalue weighted by atomic mass is 79.9. The van der Waals surface area contributed by atoms with Gasteiger partial charge >= 0.3 is 0 Å². The van der Waals surface area contributed by atoms with Gasteiger partial charge in [-0.3, -0.25) is 13.9 Å². The second-order valence-electron chi connectivity index (χ2n) is 11.2. The van der Waals surface area contributed by atoms with E-state index in [-0.39, 0.29) is 23.8 Å². The van der Waals surface area contributed by atoms with Crippen LogP contribution in [0.4, 0.5) is 5.69 Å². The molecule has 0 aliphatic heterocycles. The summed E-state index contributed by atoms with van der Waals surface area (Å²) < 4.78 is 30.2. The fourth-order valence-corrected chi connectivity index (χ4v) is 6.83. The summed E-state index contributed by atoms with van der Waals surface area (Å²) in [4.78, 5) is 29.9. The van der Waals surface area contributed by atoms with Crippen LogP contribution in [0.5, 0.6) is 0 Å². The SMILES string of the molecule is CCCCNC(=O)[C@H](Cc1ccccc1)N(Cc1cccc(Br)c1)C(=O)CN(c1ccc(C)cc1)S(=O)(=O)c1ccc(C)cc1. The molecular formula is C36H40BrN3O4S. The van der Waals surface area contributed by atoms with E-state index in [1.54, 1.807) is 36.4 Å². The van der Waals surface area contributed by atoms with Gasteiger partial charge in [-0.05, 0) is 67.8 Å². The van der Waals surface area contributed by atoms with Gasteiger partial charge < -0.3 is 10.2 Å². The first kappa shape index (κ1) is 33.9. The summed E-state index contributed by atoms with van der Waals surface area (Å²) in [5.41, 5.74) is 3.94. The van der Waals surface area contributed by atoms with Crippen LogP contribution in [0, 0.1) is 13.8 Å². The molecule has 1 N–H and O–H groups in total. The first-order valence-electron chi connectivity index (χ1n) is 15.1. The third-order valence-electron chi connectivity index (χ3n) is 7.55. The van der Waals surface area contributed by atoms with Crippen molar-refractivity contribution in [3.8, 4) is 0 Å². The van der Waals surface area contributed by atoms with Gasteiger partial charge in [0, 0.05) is 24.0 Å². The van der Waals surface area contributed by atoms with Crippen LogP contribution in [0.3, 0.4) is 0 Å². The highest BCUT2D eigenvalue weighted by Crippen LogP contribution is 2.26. The zero-order chi connectivity index (χ0) is 32.4. The number of aryl methyl sites for hydroxylation is 2. The van der Waals surface area contributed by atoms with Gasteiger partial charge in [0.25, 0.3) is 10.0 Å². The molecule has 0 bridgehead atoms. The van der Waals surface area contributed by atoms with Crippen LogP contribution in [-0.2, 0) is 32.6 Å². The summed E-state index contributed by atoms with van der Waals surface area (Å²) in [7, 11) is -4.14. The maximum absolute atomic E-state index is 14.5. The number of carbonyl (C=O) groups excluding carboxylic acids is 2. The number of rotatable bonds is 14. The molecule has 4 aromatic rings. The van der Waals surface area contributed by atoms with Crippen LogP contribution in [0.15, 0.2) is 112 Å². The minimum absolute atomic E-state index is 0.0816. The molecular weight excluding hydrogens is 650 g/mol. The summed E-state index contributed by atoms with van der Waals surface area (Å²) in [6.07, 6.45) is 1.99. The number of nitrogens with one attached hydrogen (secondary N) is 1. The fourth-order valence-electron chi connectivity index (χ4n) is 4.97. The number of halogens is 1. The summed E-state index contributed by atoms with van der Waals surface area (Å²) in [5, 5.41) is 3.02. The Labute approximate surface area is 275 Å². The summed E-state index contributed by atoms with van der Waals surface area (Å²) in [6.45, 7) is 5.96. The topological polar surface area (TPSA) is 86.8 Å². The molecule has 45 heavy (non-hydrogen) atoms. The van der Waals surface area contributed by atoms with Gasteiger partial charge in [-0.1, -0.05) is 107 Å². The zero-order valence-corrected chi connectivity index (χ0v) is 28.4. The molecule has 0 saturated heterocycles. The molecule has 0 spiro atoms. The first-order valence-corrected chi connectivity index (χ1v) is 17.3. The van der Waals surface area contributed by atoms with Gasteiger partial charge in [0.2, 0.25) is 11.8 Å². The lowest BCUT2D eigenvalue weighted by Crippen LogP contribution is -2.53. The van der Waals surface area contributed by atoms with Crippen LogP contribution in [-0.4, -0.2) is 44.3 Å². The molecule has 9 heteroatoms. The van der Waals surface area contributed by atoms with Gasteiger partial charge in [-0.25, -0.2) is 8.42 Å². The highest BCUT2D eigenvalue weighted by Gasteiger charge is 2.34. The van der Waals surface area contributed by atoms with E-state index in [2.05, 4.69) is 21.2 Å². The molecule has 236 valence electrons. The van der Waals surface area contributed by atoms with Crippen molar-refractivity contribution in [2.24, 2.45) is 0 Å². The smallest absolute Gasteiger partial charge is 0.264 e. The standard InChI is InChI=1S/C36H40BrN3O4S/c1-4-5-22-38-36(42)34(24-29-10-7-6-8-11-29)39(25-30-12-9-13-31(37)23-30)35(41)26-40(32-18-14-27(2)15-19-32)45(43,44)33-20-16-28(3)17-21-33/h6-21,23,34H,4-5,22,24-26H2,1-3H3,(H,38,42)/t34-/m0/s1. The fraction of sp³-hybridized carbons (Fsp3) is 0.278. The second kappa shape index (κ2) is 15.9. The van der Waals surface area contributed by atoms with Crippen molar-refractivity contribution >= 4 is 43.5 Å². The minimum atomic E-state index is -4.14. The van der Waals surface area contributed by atoms with E-state index < -0.39 is 28.5 Å². The van der Waals surface area contributed by atoms with E-state index in [4.69, 9.17) is 0 Å². The van der Waals surface area contributed by atoms with E-state index in [0.717, 1.165) is 43.9 Å². The number of carbonyl (C=O) groups is 2. The third kappa shape index (κ3) is 9.28. The molecule has 7 nitrogen and oxygen atoms in total. The van der Waals surface area contributed by atoms with Gasteiger partial charge in [0.05, 0.1) is 10.6 Å². The molecule has 4 rings (SSSR count). The van der Waals surface area contributed by atoms with Crippen LogP contribution in [0.2, 0.25) is 0 Å². The van der Waals surface area contributed by atoms with Crippen molar-refractivity contribution in [2.45, 2.75) is 57.5 Å². The van der Waals surface area contributed by atoms with Crippen molar-refractivity contribution in [1.29, 1.82) is 0 Å². The van der Waals surface area contributed by atoms with Gasteiger partial charge in [0.1, 0.15) is 12.6 Å². The third-order valence-corrected chi connectivity index (χ3v) is 9.83. The molecule has 4 aromatic carbocycles. The predicted octanol–water partition coefficient (Wildman–Crippen LogP) is 6.82. The summed E-state index contributed by atoms with van der Waals surface area (Å²) in [5.74, 6) is -0.767. The lowest BCUT2D eigenvalue weighted by Gasteiger charge is -2.34. The minimum Gasteiger partial charge on any atom is -0.354 e. The van der Waals surface area contributed by atoms with Gasteiger partial charge in [-0.2, -0.15) is 0 Å². The average Bonchev–Trinajstić information content (AvgIpc) is 3.02. The monoisotopic (exact) mass is 689 g/mol. The molecule has 0 radical (unpaired) electrons. The van der Waals surface area contributed by atoms with Crippen molar-refractivity contribution in [2.75, 3.05) is 17.4 Å². The lowest BCUT2D eigenvalue weighted by molar-refractivity contribution is -0.140. The van der Waals surface area contributed by atoms with Crippen LogP contribution >= 0.6 is 15.9 Å². The molecule has 1 atom stereocenters. The molecule has 0 saturated carbocycles. The molecule has 0 fully saturated rings. The Hall–Kier alpha value is -3.95. The number of unbranched alkanes of at least 4 members (excludes halogenated alkanes) is 1. The normalized spacial score (nSPS) is 11.9. The van der Waals surface area contributed by atoms with Gasteiger partial charge in [0.15, 0.2) is 0 Å². The van der Waals surface area contributed by atoms with Crippen molar-refractivity contribution in [3.63, 3.8) is 0 Å². The number of anilines is 1. The average molecular weight is 691 g/mol. The molecule has 0 aromatic heterocycles. The molecule has 0 aliphatic rings. The van der Waals surface area contributed by atoms with Crippen molar-refractivity contribution < 1.29 is 18.0 Å². The largest absolute Gasteiger partial charge is 0.354 e. The van der Waals surface area contributed by atoms with E-state index in [9.17, 15) is 18.0 Å². The molecule has 0 heterocycles. The van der Waals surface area contributed by atoms with E-state index in [0.29, 0.717) is 12.2 Å². The number of hydrogen-bond donors (Lipinski definition) is 1. The first-order chi connectivity index (χ1) is 21.6. The molecule has 0 unspecified atom stereocenters. The van der Waals surface area contributed by atoms with Crippen LogP contribution < -0.4 is 9.62 Å². The van der Waals surface area contributed by atoms with Crippen molar-refractivity contribution in [1.82, 2.24) is 10.2 Å². The number of nitrogens with zero attached hydrogens (tertiary/aromatic N) is 2. The maximum atomic E-state index is 14.5. The number of benzene rings is 4.